The molecule has 0 spiro atoms. The SMILES string of the molecule is CCCCOCCOCCC.CCCOCCOC.CCCOCCOC(C)(C)C.CCCOCCOC(C)C.CCCOCCOC(C)CC.CCCOCCOCC.CCCOCCOCC(C)C.CCCOCCOCCC. The quantitative estimate of drug-likeness (QED) is 0.0531. The van der Waals surface area contributed by atoms with Gasteiger partial charge in [0.2, 0.25) is 0 Å². The highest BCUT2D eigenvalue weighted by atomic mass is 16.6. The molecule has 0 bridgehead atoms. The summed E-state index contributed by atoms with van der Waals surface area (Å²) in [6.07, 6.45) is 13.9. The van der Waals surface area contributed by atoms with E-state index in [1.807, 2.05) is 41.5 Å². The van der Waals surface area contributed by atoms with Crippen molar-refractivity contribution >= 4 is 0 Å². The van der Waals surface area contributed by atoms with Crippen LogP contribution in [0.15, 0.2) is 0 Å². The molecule has 0 N–H and O–H groups in total. The fourth-order valence-electron chi connectivity index (χ4n) is 4.82. The number of unbranched alkanes of at least 4 members (excludes halogenated alkanes) is 1. The summed E-state index contributed by atoms with van der Waals surface area (Å²) >= 11 is 0. The lowest BCUT2D eigenvalue weighted by molar-refractivity contribution is -0.0346. The van der Waals surface area contributed by atoms with E-state index in [0.717, 1.165) is 236 Å². The van der Waals surface area contributed by atoms with Crippen LogP contribution in [0, 0.1) is 5.92 Å². The Balaban J connectivity index is -0.000000126. The molecule has 81 heavy (non-hydrogen) atoms. The van der Waals surface area contributed by atoms with Crippen LogP contribution in [-0.4, -0.2) is 210 Å². The number of rotatable bonds is 51. The van der Waals surface area contributed by atoms with E-state index in [9.17, 15) is 0 Å². The van der Waals surface area contributed by atoms with Crippen LogP contribution in [0.25, 0.3) is 0 Å². The van der Waals surface area contributed by atoms with Crippen molar-refractivity contribution in [2.75, 3.05) is 192 Å². The lowest BCUT2D eigenvalue weighted by Gasteiger charge is -2.19. The van der Waals surface area contributed by atoms with Gasteiger partial charge in [-0.25, -0.2) is 0 Å². The molecule has 1 unspecified atom stereocenters. The van der Waals surface area contributed by atoms with Crippen LogP contribution in [-0.2, 0) is 75.8 Å². The maximum Gasteiger partial charge on any atom is 0.0707 e. The van der Waals surface area contributed by atoms with Gasteiger partial charge in [-0.05, 0) is 125 Å². The summed E-state index contributed by atoms with van der Waals surface area (Å²) in [5, 5.41) is 0. The minimum Gasteiger partial charge on any atom is -0.382 e. The topological polar surface area (TPSA) is 148 Å². The molecule has 16 nitrogen and oxygen atoms in total. The standard InChI is InChI=1S/4C9H20O2.2C8H18O2.C7H16O2.C6H14O2/c1-5-6-10-7-8-11-9(2,3)4;1-4-5-10-6-7-11-8-9(2)3;1-4-6-10-7-8-11-9(3)5-2;1-3-5-7-11-9-8-10-6-4-2;1-4-5-9-6-7-10-8(2)3;1-3-5-9-7-8-10-6-4-2;1-3-5-9-7-6-8-4-2;1-3-4-8-6-5-7-2/h5-8H2,1-4H3;2*9H,4-8H2,1-3H3;3-9H2,1-2H3;8H,4-7H2,1-3H3;3-8H2,1-2H3;3-7H2,1-2H3;3-6H2,1-2H3. The molecule has 0 saturated heterocycles. The van der Waals surface area contributed by atoms with Gasteiger partial charge in [-0.15, -0.1) is 0 Å². The molecule has 1 atom stereocenters. The van der Waals surface area contributed by atoms with Crippen LogP contribution in [0.5, 0.6) is 0 Å². The van der Waals surface area contributed by atoms with Crippen molar-refractivity contribution in [1.82, 2.24) is 0 Å². The zero-order valence-corrected chi connectivity index (χ0v) is 58.0. The summed E-state index contributed by atoms with van der Waals surface area (Å²) in [5.41, 5.74) is -0.0322. The maximum atomic E-state index is 5.45. The lowest BCUT2D eigenvalue weighted by Crippen LogP contribution is -2.21. The van der Waals surface area contributed by atoms with E-state index in [-0.39, 0.29) is 5.60 Å². The van der Waals surface area contributed by atoms with Crippen molar-refractivity contribution in [2.24, 2.45) is 5.92 Å². The third-order valence-electron chi connectivity index (χ3n) is 9.00. The van der Waals surface area contributed by atoms with Crippen molar-refractivity contribution in [2.45, 2.75) is 233 Å². The first-order valence-electron chi connectivity index (χ1n) is 32.4. The molecule has 0 aliphatic carbocycles. The van der Waals surface area contributed by atoms with Crippen LogP contribution in [0.2, 0.25) is 0 Å². The van der Waals surface area contributed by atoms with Crippen LogP contribution in [0.1, 0.15) is 216 Å². The van der Waals surface area contributed by atoms with E-state index in [0.29, 0.717) is 37.9 Å². The fraction of sp³-hybridized carbons (Fsp3) is 1.00. The molecule has 0 heterocycles. The summed E-state index contributed by atoms with van der Waals surface area (Å²) in [5.74, 6) is 0.626. The summed E-state index contributed by atoms with van der Waals surface area (Å²) in [4.78, 5) is 0. The highest BCUT2D eigenvalue weighted by Gasteiger charge is 2.08. The normalized spacial score (nSPS) is 11.0. The summed E-state index contributed by atoms with van der Waals surface area (Å²) in [6, 6.07) is 0. The number of hydrogen-bond donors (Lipinski definition) is 0. The molecular weight excluding hydrogens is 1040 g/mol. The molecule has 502 valence electrons. The monoisotopic (exact) mass is 1180 g/mol. The predicted octanol–water partition coefficient (Wildman–Crippen LogP) is 15.0. The Labute approximate surface area is 505 Å². The first kappa shape index (κ1) is 96.7. The van der Waals surface area contributed by atoms with E-state index in [4.69, 9.17) is 75.8 Å². The van der Waals surface area contributed by atoms with Crippen LogP contribution >= 0.6 is 0 Å². The van der Waals surface area contributed by atoms with Gasteiger partial charge in [-0.2, -0.15) is 0 Å². The van der Waals surface area contributed by atoms with Gasteiger partial charge < -0.3 is 75.8 Å². The number of ether oxygens (including phenoxy) is 16. The second kappa shape index (κ2) is 98.4. The molecule has 0 rings (SSSR count). The number of methoxy groups -OCH3 is 1. The van der Waals surface area contributed by atoms with Gasteiger partial charge in [-0.3, -0.25) is 0 Å². The van der Waals surface area contributed by atoms with Crippen molar-refractivity contribution in [3.8, 4) is 0 Å². The Morgan fingerprint density at radius 1 is 0.284 bits per heavy atom. The van der Waals surface area contributed by atoms with Gasteiger partial charge in [0.1, 0.15) is 0 Å². The molecule has 0 saturated carbocycles. The van der Waals surface area contributed by atoms with Crippen molar-refractivity contribution < 1.29 is 75.8 Å². The van der Waals surface area contributed by atoms with E-state index in [2.05, 4.69) is 96.9 Å². The second-order valence-electron chi connectivity index (χ2n) is 20.1. The van der Waals surface area contributed by atoms with Gasteiger partial charge in [0.25, 0.3) is 0 Å². The molecule has 16 heteroatoms. The van der Waals surface area contributed by atoms with E-state index in [1.54, 1.807) is 7.11 Å². The van der Waals surface area contributed by atoms with Crippen molar-refractivity contribution in [1.29, 1.82) is 0 Å². The largest absolute Gasteiger partial charge is 0.382 e. The minimum atomic E-state index is -0.0322. The average Bonchev–Trinajstić information content (AvgIpc) is 3.44. The molecular formula is C65H146O16. The Hall–Kier alpha value is -0.640. The third kappa shape index (κ3) is 144. The van der Waals surface area contributed by atoms with Gasteiger partial charge in [0.15, 0.2) is 0 Å². The first-order valence-corrected chi connectivity index (χ1v) is 32.4. The van der Waals surface area contributed by atoms with Gasteiger partial charge in [-0.1, -0.05) is 96.4 Å². The van der Waals surface area contributed by atoms with Crippen LogP contribution in [0.4, 0.5) is 0 Å². The predicted molar refractivity (Wildman–Crippen MR) is 342 cm³/mol. The third-order valence-corrected chi connectivity index (χ3v) is 9.00. The van der Waals surface area contributed by atoms with Crippen LogP contribution < -0.4 is 0 Å². The van der Waals surface area contributed by atoms with E-state index in [1.165, 1.54) is 6.42 Å². The highest BCUT2D eigenvalue weighted by molar-refractivity contribution is 4.58. The van der Waals surface area contributed by atoms with Gasteiger partial charge in [0, 0.05) is 86.4 Å². The second-order valence-corrected chi connectivity index (χ2v) is 20.1. The average molecular weight is 1180 g/mol. The molecule has 0 aliphatic rings. The van der Waals surface area contributed by atoms with E-state index < -0.39 is 0 Å². The van der Waals surface area contributed by atoms with E-state index >= 15 is 0 Å². The molecule has 0 radical (unpaired) electrons. The Bertz CT molecular complexity index is 890. The van der Waals surface area contributed by atoms with Gasteiger partial charge in [0.05, 0.1) is 124 Å². The molecule has 0 aromatic heterocycles. The molecule has 0 aliphatic heterocycles. The smallest absolute Gasteiger partial charge is 0.0707 e. The van der Waals surface area contributed by atoms with Crippen molar-refractivity contribution in [3.05, 3.63) is 0 Å². The summed E-state index contributed by atoms with van der Waals surface area (Å²) in [7, 11) is 1.68. The van der Waals surface area contributed by atoms with Crippen molar-refractivity contribution in [3.63, 3.8) is 0 Å². The lowest BCUT2D eigenvalue weighted by atomic mass is 10.2. The maximum absolute atomic E-state index is 5.45. The molecule has 0 amide bonds. The Morgan fingerprint density at radius 3 is 0.840 bits per heavy atom. The molecule has 0 aromatic carbocycles. The number of hydrogen-bond acceptors (Lipinski definition) is 16. The molecule has 0 fully saturated rings. The summed E-state index contributed by atoms with van der Waals surface area (Å²) < 4.78 is 83.4. The highest BCUT2D eigenvalue weighted by Crippen LogP contribution is 2.05. The Kier molecular flexibility index (Phi) is 117. The van der Waals surface area contributed by atoms with Gasteiger partial charge >= 0.3 is 0 Å². The summed E-state index contributed by atoms with van der Waals surface area (Å²) in [6.45, 7) is 63.6. The Morgan fingerprint density at radius 2 is 0.568 bits per heavy atom. The zero-order valence-electron chi connectivity index (χ0n) is 58.0. The van der Waals surface area contributed by atoms with Crippen LogP contribution in [0.3, 0.4) is 0 Å². The minimum absolute atomic E-state index is 0.0322. The molecule has 0 aromatic rings. The first-order chi connectivity index (χ1) is 39.1. The fourth-order valence-corrected chi connectivity index (χ4v) is 4.82. The zero-order chi connectivity index (χ0) is 62.8.